The van der Waals surface area contributed by atoms with Crippen LogP contribution in [0.15, 0.2) is 114 Å². The highest BCUT2D eigenvalue weighted by molar-refractivity contribution is 7.85. The number of hydrogen-bond acceptors (Lipinski definition) is 8. The Morgan fingerprint density at radius 3 is 2.21 bits per heavy atom. The molecule has 4 aromatic carbocycles. The van der Waals surface area contributed by atoms with Crippen LogP contribution in [0, 0.1) is 20.2 Å². The molecule has 0 unspecified atom stereocenters. The smallest absolute Gasteiger partial charge is 0.303 e. The van der Waals surface area contributed by atoms with Gasteiger partial charge in [0.05, 0.1) is 26.2 Å². The number of aliphatic carboxylic acids is 1. The van der Waals surface area contributed by atoms with E-state index in [0.29, 0.717) is 23.9 Å². The Morgan fingerprint density at radius 2 is 1.55 bits per heavy atom. The van der Waals surface area contributed by atoms with Gasteiger partial charge in [-0.15, -0.1) is 0 Å². The molecule has 2 aliphatic rings. The first-order valence-electron chi connectivity index (χ1n) is 18.2. The first kappa shape index (κ1) is 39.7. The summed E-state index contributed by atoms with van der Waals surface area (Å²) in [6.07, 6.45) is 11.9. The van der Waals surface area contributed by atoms with Crippen LogP contribution in [0.1, 0.15) is 70.1 Å². The fourth-order valence-corrected chi connectivity index (χ4v) is 8.52. The largest absolute Gasteiger partial charge is 0.481 e. The lowest BCUT2D eigenvalue weighted by Crippen LogP contribution is -2.27. The summed E-state index contributed by atoms with van der Waals surface area (Å²) in [6, 6.07) is 19.9. The summed E-state index contributed by atoms with van der Waals surface area (Å²) in [5.41, 5.74) is 4.56. The Hall–Kier alpha value is -5.99. The van der Waals surface area contributed by atoms with Crippen molar-refractivity contribution < 1.29 is 37.3 Å². The van der Waals surface area contributed by atoms with Crippen LogP contribution in [-0.4, -0.2) is 50.7 Å². The predicted molar refractivity (Wildman–Crippen MR) is 214 cm³/mol. The summed E-state index contributed by atoms with van der Waals surface area (Å²) in [5.74, 6) is -0.827. The molecule has 0 saturated carbocycles. The SMILES string of the molecule is CC1(C)C(/C=C/C=C/C=C2/N(CCCCCC(=O)O)c3ccc4cc(S(=O)(=O)O)ccc4c3C2(C)C)=[N+](Cc2cc([N+](=O)[O-])cc([N+](=O)[O-])c2)c2ccccc21. The molecule has 13 nitrogen and oxygen atoms in total. The Balaban J connectivity index is 1.36. The monoisotopic (exact) mass is 779 g/mol. The molecule has 0 saturated heterocycles. The van der Waals surface area contributed by atoms with E-state index >= 15 is 0 Å². The van der Waals surface area contributed by atoms with Crippen LogP contribution in [0.2, 0.25) is 0 Å². The third-order valence-corrected chi connectivity index (χ3v) is 11.5. The van der Waals surface area contributed by atoms with Gasteiger partial charge in [0, 0.05) is 65.2 Å². The highest BCUT2D eigenvalue weighted by atomic mass is 32.2. The van der Waals surface area contributed by atoms with Crippen LogP contribution < -0.4 is 4.90 Å². The number of rotatable bonds is 14. The molecule has 0 aromatic heterocycles. The van der Waals surface area contributed by atoms with E-state index in [-0.39, 0.29) is 29.2 Å². The number of para-hydroxylation sites is 1. The van der Waals surface area contributed by atoms with Gasteiger partial charge in [0.1, 0.15) is 0 Å². The van der Waals surface area contributed by atoms with Gasteiger partial charge in [0.2, 0.25) is 5.69 Å². The van der Waals surface area contributed by atoms with Gasteiger partial charge in [0.25, 0.3) is 21.5 Å². The number of anilines is 1. The lowest BCUT2D eigenvalue weighted by atomic mass is 9.81. The summed E-state index contributed by atoms with van der Waals surface area (Å²) < 4.78 is 35.5. The Kier molecular flexibility index (Phi) is 10.8. The highest BCUT2D eigenvalue weighted by Crippen LogP contribution is 2.51. The molecule has 4 aromatic rings. The molecule has 0 spiro atoms. The van der Waals surface area contributed by atoms with Crippen molar-refractivity contribution in [3.8, 4) is 0 Å². The van der Waals surface area contributed by atoms with Gasteiger partial charge in [-0.2, -0.15) is 13.0 Å². The molecule has 0 amide bonds. The number of nitrogens with zero attached hydrogens (tertiary/aromatic N) is 4. The molecule has 0 bridgehead atoms. The normalized spacial score (nSPS) is 16.7. The van der Waals surface area contributed by atoms with Crippen LogP contribution in [0.3, 0.4) is 0 Å². The Labute approximate surface area is 324 Å². The van der Waals surface area contributed by atoms with Crippen molar-refractivity contribution in [3.63, 3.8) is 0 Å². The van der Waals surface area contributed by atoms with E-state index in [1.165, 1.54) is 24.3 Å². The first-order valence-corrected chi connectivity index (χ1v) is 19.6. The van der Waals surface area contributed by atoms with Gasteiger partial charge in [0.15, 0.2) is 12.3 Å². The van der Waals surface area contributed by atoms with Crippen molar-refractivity contribution in [1.82, 2.24) is 0 Å². The zero-order chi connectivity index (χ0) is 40.6. The number of nitro groups is 2. The van der Waals surface area contributed by atoms with Crippen molar-refractivity contribution in [3.05, 3.63) is 146 Å². The zero-order valence-electron chi connectivity index (χ0n) is 31.5. The fourth-order valence-electron chi connectivity index (χ4n) is 8.01. The Bertz CT molecular complexity index is 2480. The summed E-state index contributed by atoms with van der Waals surface area (Å²) >= 11 is 0. The van der Waals surface area contributed by atoms with E-state index in [0.717, 1.165) is 58.2 Å². The molecule has 0 radical (unpaired) electrons. The molecule has 290 valence electrons. The summed E-state index contributed by atoms with van der Waals surface area (Å²) in [4.78, 5) is 35.2. The van der Waals surface area contributed by atoms with Crippen LogP contribution in [0.4, 0.5) is 22.7 Å². The third-order valence-electron chi connectivity index (χ3n) is 10.6. The van der Waals surface area contributed by atoms with Crippen LogP contribution >= 0.6 is 0 Å². The molecule has 2 heterocycles. The van der Waals surface area contributed by atoms with Crippen molar-refractivity contribution in [1.29, 1.82) is 0 Å². The minimum atomic E-state index is -4.39. The number of unbranched alkanes of at least 4 members (excludes halogenated alkanes) is 2. The molecule has 2 N–H and O–H groups in total. The lowest BCUT2D eigenvalue weighted by molar-refractivity contribution is -0.455. The van der Waals surface area contributed by atoms with Crippen molar-refractivity contribution in [2.75, 3.05) is 11.4 Å². The van der Waals surface area contributed by atoms with E-state index in [4.69, 9.17) is 5.11 Å². The van der Waals surface area contributed by atoms with E-state index < -0.39 is 36.8 Å². The van der Waals surface area contributed by atoms with Crippen molar-refractivity contribution in [2.45, 2.75) is 75.6 Å². The molecular weight excluding hydrogens is 737 g/mol. The number of nitro benzene ring substituents is 2. The summed E-state index contributed by atoms with van der Waals surface area (Å²) in [5, 5.41) is 34.0. The lowest BCUT2D eigenvalue weighted by Gasteiger charge is -2.27. The maximum absolute atomic E-state index is 11.9. The second-order valence-corrected chi connectivity index (χ2v) is 16.5. The van der Waals surface area contributed by atoms with Crippen LogP contribution in [-0.2, 0) is 32.3 Å². The maximum atomic E-state index is 11.9. The topological polar surface area (TPSA) is 184 Å². The molecule has 56 heavy (non-hydrogen) atoms. The van der Waals surface area contributed by atoms with Crippen LogP contribution in [0.5, 0.6) is 0 Å². The summed E-state index contributed by atoms with van der Waals surface area (Å²) in [7, 11) is -4.39. The van der Waals surface area contributed by atoms with E-state index in [1.807, 2.05) is 71.4 Å². The fraction of sp³-hybridized carbons (Fsp3) is 0.286. The standard InChI is InChI=1S/C42H42N4O9S/c1-41(2)34-13-10-11-14-35(34)44(27-28-23-30(45(49)50)26-31(24-28)46(51)52)37(41)15-7-5-8-16-38-42(3,4)40-33-20-19-32(56(53,54)55)25-29(33)18-21-36(40)43(38)22-12-6-9-17-39(47)48/h5,7-8,10-11,13-16,18-21,23-26H,6,9,12,17,22,27H2,1-4H3,(H-,47,48,53,54,55)/p+1. The van der Waals surface area contributed by atoms with Gasteiger partial charge in [-0.3, -0.25) is 29.6 Å². The number of benzene rings is 4. The van der Waals surface area contributed by atoms with Crippen molar-refractivity contribution in [2.24, 2.45) is 0 Å². The number of fused-ring (bicyclic) bond motifs is 4. The van der Waals surface area contributed by atoms with E-state index in [2.05, 4.69) is 32.6 Å². The predicted octanol–water partition coefficient (Wildman–Crippen LogP) is 8.92. The average molecular weight is 780 g/mol. The molecule has 0 atom stereocenters. The molecule has 6 rings (SSSR count). The quantitative estimate of drug-likeness (QED) is 0.0313. The molecule has 14 heteroatoms. The number of carboxylic acid groups (broad SMARTS) is 1. The van der Waals surface area contributed by atoms with Gasteiger partial charge >= 0.3 is 5.97 Å². The van der Waals surface area contributed by atoms with Gasteiger partial charge in [-0.05, 0) is 67.3 Å². The summed E-state index contributed by atoms with van der Waals surface area (Å²) in [6.45, 7) is 9.18. The number of carbonyl (C=O) groups is 1. The minimum Gasteiger partial charge on any atom is -0.481 e. The van der Waals surface area contributed by atoms with Gasteiger partial charge in [-0.1, -0.05) is 68.8 Å². The molecular formula is C42H43N4O9S+. The number of allylic oxidation sites excluding steroid dienone is 6. The third kappa shape index (κ3) is 7.75. The van der Waals surface area contributed by atoms with E-state index in [1.54, 1.807) is 6.07 Å². The Morgan fingerprint density at radius 1 is 0.857 bits per heavy atom. The van der Waals surface area contributed by atoms with Crippen LogP contribution in [0.25, 0.3) is 10.8 Å². The maximum Gasteiger partial charge on any atom is 0.303 e. The first-order chi connectivity index (χ1) is 26.4. The van der Waals surface area contributed by atoms with Gasteiger partial charge in [-0.25, -0.2) is 0 Å². The second-order valence-electron chi connectivity index (χ2n) is 15.1. The number of non-ortho nitro benzene ring substituents is 2. The molecule has 0 aliphatic carbocycles. The second kappa shape index (κ2) is 15.3. The zero-order valence-corrected chi connectivity index (χ0v) is 32.3. The van der Waals surface area contributed by atoms with Crippen molar-refractivity contribution >= 4 is 55.3 Å². The molecule has 2 aliphatic heterocycles. The number of hydrogen-bond donors (Lipinski definition) is 2. The number of carboxylic acids is 1. The minimum absolute atomic E-state index is 0.101. The highest BCUT2D eigenvalue weighted by Gasteiger charge is 2.44. The van der Waals surface area contributed by atoms with Gasteiger partial charge < -0.3 is 10.0 Å². The average Bonchev–Trinajstić information content (AvgIpc) is 3.48. The molecule has 0 fully saturated rings. The van der Waals surface area contributed by atoms with E-state index in [9.17, 15) is 38.0 Å².